The molecule has 4 nitrogen and oxygen atoms in total. The lowest BCUT2D eigenvalue weighted by molar-refractivity contribution is 0.196. The van der Waals surface area contributed by atoms with Gasteiger partial charge in [0.05, 0.1) is 0 Å². The molecule has 0 N–H and O–H groups in total. The van der Waals surface area contributed by atoms with Crippen LogP contribution in [0.2, 0.25) is 0 Å². The molecule has 13 heavy (non-hydrogen) atoms. The fourth-order valence-corrected chi connectivity index (χ4v) is 1.07. The summed E-state index contributed by atoms with van der Waals surface area (Å²) in [7, 11) is 9.69. The van der Waals surface area contributed by atoms with Crippen LogP contribution in [0.25, 0.3) is 0 Å². The molecule has 0 aliphatic carbocycles. The van der Waals surface area contributed by atoms with Crippen LogP contribution in [-0.2, 0) is 4.74 Å². The topological polar surface area (TPSA) is 28.1 Å². The molecule has 0 aliphatic heterocycles. The van der Waals surface area contributed by atoms with E-state index in [0.29, 0.717) is 0 Å². The van der Waals surface area contributed by atoms with Crippen molar-refractivity contribution in [2.45, 2.75) is 6.42 Å². The van der Waals surface area contributed by atoms with Crippen LogP contribution in [0, 0.1) is 0 Å². The van der Waals surface area contributed by atoms with Gasteiger partial charge in [0.15, 0.2) is 5.96 Å². The maximum absolute atomic E-state index is 4.95. The smallest absolute Gasteiger partial charge is 0.195 e. The zero-order valence-electron chi connectivity index (χ0n) is 9.37. The Morgan fingerprint density at radius 1 is 1.15 bits per heavy atom. The number of ether oxygens (including phenoxy) is 1. The first-order chi connectivity index (χ1) is 6.09. The number of nitrogens with zero attached hydrogens (tertiary/aromatic N) is 3. The monoisotopic (exact) mass is 187 g/mol. The van der Waals surface area contributed by atoms with Crippen LogP contribution in [0.5, 0.6) is 0 Å². The van der Waals surface area contributed by atoms with E-state index < -0.39 is 0 Å². The second-order valence-electron chi connectivity index (χ2n) is 3.32. The van der Waals surface area contributed by atoms with Gasteiger partial charge in [-0.25, -0.2) is 0 Å². The first-order valence-electron chi connectivity index (χ1n) is 4.47. The van der Waals surface area contributed by atoms with Gasteiger partial charge in [-0.05, 0) is 6.42 Å². The van der Waals surface area contributed by atoms with Crippen LogP contribution in [0.3, 0.4) is 0 Å². The molecule has 0 radical (unpaired) electrons. The van der Waals surface area contributed by atoms with Crippen LogP contribution in [0.15, 0.2) is 4.99 Å². The van der Waals surface area contributed by atoms with Crippen molar-refractivity contribution >= 4 is 5.96 Å². The molecule has 0 fully saturated rings. The third kappa shape index (κ3) is 5.47. The lowest BCUT2D eigenvalue weighted by Gasteiger charge is -2.22. The zero-order valence-corrected chi connectivity index (χ0v) is 9.37. The van der Waals surface area contributed by atoms with E-state index in [1.165, 1.54) is 0 Å². The van der Waals surface area contributed by atoms with Crippen molar-refractivity contribution in [1.82, 2.24) is 9.80 Å². The highest BCUT2D eigenvalue weighted by molar-refractivity contribution is 5.79. The van der Waals surface area contributed by atoms with Gasteiger partial charge in [-0.15, -0.1) is 0 Å². The molecule has 0 spiro atoms. The van der Waals surface area contributed by atoms with Gasteiger partial charge in [0.2, 0.25) is 0 Å². The molecule has 0 saturated heterocycles. The van der Waals surface area contributed by atoms with Gasteiger partial charge < -0.3 is 14.5 Å². The SMILES string of the molecule is COCCCN=C(N(C)C)N(C)C. The van der Waals surface area contributed by atoms with Crippen LogP contribution < -0.4 is 0 Å². The van der Waals surface area contributed by atoms with Gasteiger partial charge in [0.1, 0.15) is 0 Å². The van der Waals surface area contributed by atoms with Crippen LogP contribution in [0.4, 0.5) is 0 Å². The molecular weight excluding hydrogens is 166 g/mol. The van der Waals surface area contributed by atoms with E-state index in [4.69, 9.17) is 4.74 Å². The number of hydrogen-bond acceptors (Lipinski definition) is 2. The maximum Gasteiger partial charge on any atom is 0.195 e. The first-order valence-corrected chi connectivity index (χ1v) is 4.47. The van der Waals surface area contributed by atoms with E-state index >= 15 is 0 Å². The highest BCUT2D eigenvalue weighted by atomic mass is 16.5. The average molecular weight is 187 g/mol. The fourth-order valence-electron chi connectivity index (χ4n) is 1.07. The first kappa shape index (κ1) is 12.2. The Labute approximate surface area is 81.2 Å². The van der Waals surface area contributed by atoms with Gasteiger partial charge in [-0.2, -0.15) is 0 Å². The molecule has 0 atom stereocenters. The summed E-state index contributed by atoms with van der Waals surface area (Å²) in [5.74, 6) is 0.996. The van der Waals surface area contributed by atoms with Gasteiger partial charge in [0, 0.05) is 48.5 Å². The molecule has 0 heterocycles. The second-order valence-corrected chi connectivity index (χ2v) is 3.32. The van der Waals surface area contributed by atoms with Crippen molar-refractivity contribution in [3.05, 3.63) is 0 Å². The quantitative estimate of drug-likeness (QED) is 0.364. The summed E-state index contributed by atoms with van der Waals surface area (Å²) in [4.78, 5) is 8.46. The van der Waals surface area contributed by atoms with E-state index in [2.05, 4.69) is 4.99 Å². The Morgan fingerprint density at radius 3 is 2.08 bits per heavy atom. The van der Waals surface area contributed by atoms with Crippen molar-refractivity contribution in [3.8, 4) is 0 Å². The van der Waals surface area contributed by atoms with Crippen molar-refractivity contribution in [2.75, 3.05) is 48.5 Å². The molecule has 0 unspecified atom stereocenters. The minimum Gasteiger partial charge on any atom is -0.385 e. The molecule has 0 aliphatic rings. The summed E-state index contributed by atoms with van der Waals surface area (Å²) in [6.45, 7) is 1.59. The van der Waals surface area contributed by atoms with Gasteiger partial charge in [-0.3, -0.25) is 4.99 Å². The molecule has 0 rings (SSSR count). The molecule has 0 aromatic rings. The normalized spacial score (nSPS) is 9.62. The largest absolute Gasteiger partial charge is 0.385 e. The van der Waals surface area contributed by atoms with E-state index in [-0.39, 0.29) is 0 Å². The fraction of sp³-hybridized carbons (Fsp3) is 0.889. The van der Waals surface area contributed by atoms with Crippen LogP contribution in [0.1, 0.15) is 6.42 Å². The third-order valence-electron chi connectivity index (χ3n) is 1.56. The number of hydrogen-bond donors (Lipinski definition) is 0. The summed E-state index contributed by atoms with van der Waals surface area (Å²) >= 11 is 0. The van der Waals surface area contributed by atoms with E-state index in [9.17, 15) is 0 Å². The molecular formula is C9H21N3O. The lowest BCUT2D eigenvalue weighted by Crippen LogP contribution is -2.35. The average Bonchev–Trinajstić information content (AvgIpc) is 2.02. The maximum atomic E-state index is 4.95. The van der Waals surface area contributed by atoms with Crippen LogP contribution in [-0.4, -0.2) is 64.2 Å². The second kappa shape index (κ2) is 6.71. The summed E-state index contributed by atoms with van der Waals surface area (Å²) < 4.78 is 4.95. The van der Waals surface area contributed by atoms with Gasteiger partial charge in [-0.1, -0.05) is 0 Å². The lowest BCUT2D eigenvalue weighted by atomic mass is 10.4. The number of methoxy groups -OCH3 is 1. The Hall–Kier alpha value is -0.770. The van der Waals surface area contributed by atoms with Gasteiger partial charge >= 0.3 is 0 Å². The van der Waals surface area contributed by atoms with Crippen molar-refractivity contribution in [1.29, 1.82) is 0 Å². The standard InChI is InChI=1S/C9H21N3O/c1-11(2)9(12(3)4)10-7-6-8-13-5/h6-8H2,1-5H3. The predicted molar refractivity (Wildman–Crippen MR) is 56.2 cm³/mol. The third-order valence-corrected chi connectivity index (χ3v) is 1.56. The number of rotatable bonds is 4. The van der Waals surface area contributed by atoms with Crippen LogP contribution >= 0.6 is 0 Å². The number of aliphatic imine (C=N–C) groups is 1. The molecule has 78 valence electrons. The predicted octanol–water partition coefficient (Wildman–Crippen LogP) is 0.502. The molecule has 0 aromatic heterocycles. The minimum absolute atomic E-state index is 0.775. The molecule has 0 saturated carbocycles. The molecule has 0 bridgehead atoms. The number of guanidine groups is 1. The highest BCUT2D eigenvalue weighted by Gasteiger charge is 2.02. The van der Waals surface area contributed by atoms with Gasteiger partial charge in [0.25, 0.3) is 0 Å². The summed E-state index contributed by atoms with van der Waals surface area (Å²) in [5.41, 5.74) is 0. The highest BCUT2D eigenvalue weighted by Crippen LogP contribution is 1.90. The summed E-state index contributed by atoms with van der Waals surface area (Å²) in [6, 6.07) is 0. The Kier molecular flexibility index (Phi) is 6.32. The summed E-state index contributed by atoms with van der Waals surface area (Å²) in [5, 5.41) is 0. The Bertz CT molecular complexity index is 145. The van der Waals surface area contributed by atoms with Crippen molar-refractivity contribution < 1.29 is 4.74 Å². The molecule has 4 heteroatoms. The minimum atomic E-state index is 0.775. The summed E-state index contributed by atoms with van der Waals surface area (Å²) in [6.07, 6.45) is 0.974. The van der Waals surface area contributed by atoms with Crippen molar-refractivity contribution in [3.63, 3.8) is 0 Å². The Balaban J connectivity index is 3.90. The van der Waals surface area contributed by atoms with E-state index in [0.717, 1.165) is 25.5 Å². The van der Waals surface area contributed by atoms with E-state index in [1.54, 1.807) is 7.11 Å². The Morgan fingerprint density at radius 2 is 1.69 bits per heavy atom. The van der Waals surface area contributed by atoms with E-state index in [1.807, 2.05) is 38.0 Å². The zero-order chi connectivity index (χ0) is 10.3. The van der Waals surface area contributed by atoms with Crippen molar-refractivity contribution in [2.24, 2.45) is 4.99 Å². The molecule has 0 amide bonds. The molecule has 0 aromatic carbocycles.